The maximum atomic E-state index is 14.4. The molecule has 218 valence electrons. The molecule has 1 N–H and O–H groups in total. The predicted octanol–water partition coefficient (Wildman–Crippen LogP) is 4.39. The maximum absolute atomic E-state index is 14.4. The van der Waals surface area contributed by atoms with Crippen LogP contribution in [0.3, 0.4) is 0 Å². The van der Waals surface area contributed by atoms with Crippen molar-refractivity contribution in [2.24, 2.45) is 0 Å². The second kappa shape index (κ2) is 12.1. The molecule has 0 aliphatic carbocycles. The van der Waals surface area contributed by atoms with Gasteiger partial charge in [-0.3, -0.25) is 9.36 Å². The first kappa shape index (κ1) is 28.9. The standard InChI is InChI=1S/C31H32N4O6S/c1-3-41-30-32-27(29(36)34-18-17-33(31(37)38)21-25(34)19-22-11-6-4-7-12-22)28(23-13-8-5-9-14-23)35(30)24-15-10-16-26(20-24)42(2,39)40/h4-16,20,25H,3,17-19,21H2,1-2H3,(H,37,38)/t25-/m1/s1. The van der Waals surface area contributed by atoms with Crippen LogP contribution in [-0.4, -0.2) is 83.4 Å². The van der Waals surface area contributed by atoms with Crippen molar-refractivity contribution in [1.29, 1.82) is 0 Å². The normalized spacial score (nSPS) is 15.4. The SMILES string of the molecule is CCOc1nc(C(=O)N2CCN(C(=O)O)C[C@H]2Cc2ccccc2)c(-c2ccccc2)n1-c1cccc(S(C)(=O)=O)c1. The molecule has 42 heavy (non-hydrogen) atoms. The van der Waals surface area contributed by atoms with Crippen LogP contribution in [0.2, 0.25) is 0 Å². The van der Waals surface area contributed by atoms with Crippen molar-refractivity contribution < 1.29 is 27.9 Å². The van der Waals surface area contributed by atoms with Crippen LogP contribution in [0, 0.1) is 0 Å². The first-order chi connectivity index (χ1) is 20.2. The number of hydrogen-bond acceptors (Lipinski definition) is 6. The summed E-state index contributed by atoms with van der Waals surface area (Å²) >= 11 is 0. The maximum Gasteiger partial charge on any atom is 0.407 e. The number of rotatable bonds is 8. The highest BCUT2D eigenvalue weighted by atomic mass is 32.2. The van der Waals surface area contributed by atoms with Gasteiger partial charge in [0.05, 0.1) is 28.9 Å². The number of ether oxygens (including phenoxy) is 1. The Morgan fingerprint density at radius 3 is 2.31 bits per heavy atom. The van der Waals surface area contributed by atoms with Crippen LogP contribution < -0.4 is 4.74 Å². The molecule has 5 rings (SSSR count). The molecule has 1 atom stereocenters. The number of carbonyl (C=O) groups is 2. The highest BCUT2D eigenvalue weighted by Gasteiger charge is 2.36. The Bertz CT molecular complexity index is 1690. The molecular formula is C31H32N4O6S. The number of imidazole rings is 1. The molecule has 2 amide bonds. The lowest BCUT2D eigenvalue weighted by Crippen LogP contribution is -2.57. The Morgan fingerprint density at radius 2 is 1.67 bits per heavy atom. The van der Waals surface area contributed by atoms with E-state index in [-0.39, 0.29) is 48.7 Å². The zero-order valence-electron chi connectivity index (χ0n) is 23.4. The Kier molecular flexibility index (Phi) is 8.30. The summed E-state index contributed by atoms with van der Waals surface area (Å²) < 4.78 is 32.4. The van der Waals surface area contributed by atoms with E-state index in [4.69, 9.17) is 4.74 Å². The van der Waals surface area contributed by atoms with E-state index in [0.29, 0.717) is 23.4 Å². The van der Waals surface area contributed by atoms with Crippen LogP contribution in [0.5, 0.6) is 6.01 Å². The summed E-state index contributed by atoms with van der Waals surface area (Å²) in [6.07, 6.45) is 0.575. The first-order valence-electron chi connectivity index (χ1n) is 13.6. The molecule has 1 fully saturated rings. The van der Waals surface area contributed by atoms with Crippen molar-refractivity contribution in [3.63, 3.8) is 0 Å². The lowest BCUT2D eigenvalue weighted by atomic mass is 10.0. The second-order valence-corrected chi connectivity index (χ2v) is 12.1. The summed E-state index contributed by atoms with van der Waals surface area (Å²) in [6, 6.07) is 25.0. The Labute approximate surface area is 244 Å². The molecule has 0 spiro atoms. The predicted molar refractivity (Wildman–Crippen MR) is 158 cm³/mol. The topological polar surface area (TPSA) is 122 Å². The molecule has 4 aromatic rings. The molecule has 1 aliphatic rings. The van der Waals surface area contributed by atoms with Gasteiger partial charge in [0.15, 0.2) is 15.5 Å². The van der Waals surface area contributed by atoms with Crippen molar-refractivity contribution >= 4 is 21.8 Å². The van der Waals surface area contributed by atoms with E-state index in [1.165, 1.54) is 17.0 Å². The van der Waals surface area contributed by atoms with Crippen LogP contribution >= 0.6 is 0 Å². The summed E-state index contributed by atoms with van der Waals surface area (Å²) in [6.45, 7) is 2.58. The van der Waals surface area contributed by atoms with Gasteiger partial charge in [-0.1, -0.05) is 66.7 Å². The van der Waals surface area contributed by atoms with Gasteiger partial charge in [-0.2, -0.15) is 4.98 Å². The van der Waals surface area contributed by atoms with Gasteiger partial charge in [-0.15, -0.1) is 0 Å². The summed E-state index contributed by atoms with van der Waals surface area (Å²) in [5, 5.41) is 9.71. The third kappa shape index (κ3) is 6.01. The van der Waals surface area contributed by atoms with Gasteiger partial charge in [0.1, 0.15) is 0 Å². The fourth-order valence-electron chi connectivity index (χ4n) is 5.22. The number of carbonyl (C=O) groups excluding carboxylic acids is 1. The Morgan fingerprint density at radius 1 is 0.976 bits per heavy atom. The van der Waals surface area contributed by atoms with Crippen molar-refractivity contribution in [1.82, 2.24) is 19.4 Å². The molecule has 1 saturated heterocycles. The molecule has 1 aliphatic heterocycles. The zero-order chi connectivity index (χ0) is 29.9. The number of sulfone groups is 1. The number of aromatic nitrogens is 2. The lowest BCUT2D eigenvalue weighted by Gasteiger charge is -2.40. The van der Waals surface area contributed by atoms with Crippen LogP contribution in [0.4, 0.5) is 4.79 Å². The van der Waals surface area contributed by atoms with Crippen molar-refractivity contribution in [3.05, 3.63) is 96.2 Å². The Balaban J connectivity index is 1.66. The molecule has 10 nitrogen and oxygen atoms in total. The van der Waals surface area contributed by atoms with Crippen LogP contribution in [0.1, 0.15) is 23.0 Å². The van der Waals surface area contributed by atoms with Crippen molar-refractivity contribution in [2.75, 3.05) is 32.5 Å². The van der Waals surface area contributed by atoms with Gasteiger partial charge in [-0.25, -0.2) is 13.2 Å². The largest absolute Gasteiger partial charge is 0.465 e. The third-order valence-electron chi connectivity index (χ3n) is 7.20. The van der Waals surface area contributed by atoms with E-state index < -0.39 is 22.0 Å². The summed E-state index contributed by atoms with van der Waals surface area (Å²) in [4.78, 5) is 34.1. The quantitative estimate of drug-likeness (QED) is 0.324. The van der Waals surface area contributed by atoms with Crippen LogP contribution in [0.15, 0.2) is 89.8 Å². The van der Waals surface area contributed by atoms with E-state index in [0.717, 1.165) is 11.8 Å². The number of benzene rings is 3. The average Bonchev–Trinajstić information content (AvgIpc) is 3.37. The fourth-order valence-corrected chi connectivity index (χ4v) is 5.88. The summed E-state index contributed by atoms with van der Waals surface area (Å²) in [5.74, 6) is -0.362. The molecule has 0 unspecified atom stereocenters. The number of carboxylic acid groups (broad SMARTS) is 1. The number of nitrogens with zero attached hydrogens (tertiary/aromatic N) is 4. The van der Waals surface area contributed by atoms with Gasteiger partial charge in [0.2, 0.25) is 0 Å². The number of amides is 2. The van der Waals surface area contributed by atoms with E-state index in [9.17, 15) is 23.1 Å². The minimum Gasteiger partial charge on any atom is -0.465 e. The van der Waals surface area contributed by atoms with Crippen LogP contribution in [0.25, 0.3) is 16.9 Å². The van der Waals surface area contributed by atoms with Gasteiger partial charge in [0.25, 0.3) is 5.91 Å². The highest BCUT2D eigenvalue weighted by Crippen LogP contribution is 2.34. The first-order valence-corrected chi connectivity index (χ1v) is 15.5. The molecule has 0 radical (unpaired) electrons. The second-order valence-electron chi connectivity index (χ2n) is 10.1. The minimum atomic E-state index is -3.51. The van der Waals surface area contributed by atoms with Crippen molar-refractivity contribution in [2.45, 2.75) is 24.3 Å². The minimum absolute atomic E-state index is 0.121. The lowest BCUT2D eigenvalue weighted by molar-refractivity contribution is 0.0446. The fraction of sp³-hybridized carbons (Fsp3) is 0.258. The van der Waals surface area contributed by atoms with E-state index in [1.54, 1.807) is 28.5 Å². The smallest absolute Gasteiger partial charge is 0.407 e. The zero-order valence-corrected chi connectivity index (χ0v) is 24.2. The van der Waals surface area contributed by atoms with Gasteiger partial charge >= 0.3 is 12.1 Å². The summed E-state index contributed by atoms with van der Waals surface area (Å²) in [7, 11) is -3.51. The van der Waals surface area contributed by atoms with Crippen LogP contribution in [-0.2, 0) is 16.3 Å². The highest BCUT2D eigenvalue weighted by molar-refractivity contribution is 7.90. The monoisotopic (exact) mass is 588 g/mol. The molecule has 2 heterocycles. The summed E-state index contributed by atoms with van der Waals surface area (Å²) in [5.41, 5.74) is 2.73. The Hall–Kier alpha value is -4.64. The van der Waals surface area contributed by atoms with E-state index in [2.05, 4.69) is 4.98 Å². The van der Waals surface area contributed by atoms with Gasteiger partial charge < -0.3 is 19.6 Å². The molecule has 0 bridgehead atoms. The van der Waals surface area contributed by atoms with Gasteiger partial charge in [0, 0.05) is 31.5 Å². The van der Waals surface area contributed by atoms with E-state index in [1.807, 2.05) is 60.7 Å². The van der Waals surface area contributed by atoms with Crippen molar-refractivity contribution in [3.8, 4) is 23.0 Å². The van der Waals surface area contributed by atoms with Gasteiger partial charge in [-0.05, 0) is 37.1 Å². The average molecular weight is 589 g/mol. The molecule has 3 aromatic carbocycles. The third-order valence-corrected chi connectivity index (χ3v) is 8.31. The number of piperazine rings is 1. The molecule has 0 saturated carbocycles. The molecular weight excluding hydrogens is 556 g/mol. The molecule has 1 aromatic heterocycles. The number of hydrogen-bond donors (Lipinski definition) is 1. The molecule has 11 heteroatoms. The van der Waals surface area contributed by atoms with E-state index >= 15 is 0 Å².